The number of aliphatic carboxylic acids is 1. The molecule has 0 spiro atoms. The van der Waals surface area contributed by atoms with Gasteiger partial charge in [-0.05, 0) is 72.3 Å². The number of amides is 1. The Bertz CT molecular complexity index is 1050. The zero-order chi connectivity index (χ0) is 26.6. The average Bonchev–Trinajstić information content (AvgIpc) is 3.10. The van der Waals surface area contributed by atoms with Gasteiger partial charge in [0, 0.05) is 24.1 Å². The Morgan fingerprint density at radius 2 is 1.97 bits per heavy atom. The number of phenols is 1. The molecule has 0 aliphatic carbocycles. The lowest BCUT2D eigenvalue weighted by molar-refractivity contribution is -0.141. The molecule has 1 amide bonds. The van der Waals surface area contributed by atoms with Crippen LogP contribution in [-0.2, 0) is 17.8 Å². The number of carboxylic acids is 1. The minimum absolute atomic E-state index is 0.0328. The molecule has 7 nitrogen and oxygen atoms in total. The minimum Gasteiger partial charge on any atom is -0.508 e. The molecule has 2 aliphatic heterocycles. The van der Waals surface area contributed by atoms with Crippen LogP contribution in [0.5, 0.6) is 11.5 Å². The first-order valence-corrected chi connectivity index (χ1v) is 13.0. The van der Waals surface area contributed by atoms with Gasteiger partial charge in [-0.25, -0.2) is 0 Å². The number of phenolic OH excluding ortho intramolecular Hbond substituents is 1. The number of fused-ring (bicyclic) bond motifs is 3. The number of carbonyl (C=O) groups is 2. The van der Waals surface area contributed by atoms with Crippen LogP contribution in [0.1, 0.15) is 94.6 Å². The monoisotopic (exact) mass is 499 g/mol. The maximum absolute atomic E-state index is 13.0. The third-order valence-electron chi connectivity index (χ3n) is 7.48. The number of aliphatic hydroxyl groups is 1. The van der Waals surface area contributed by atoms with Crippen LogP contribution >= 0.6 is 0 Å². The fourth-order valence-corrected chi connectivity index (χ4v) is 4.95. The molecule has 0 radical (unpaired) electrons. The number of benzene rings is 1. The molecule has 1 aromatic carbocycles. The Kier molecular flexibility index (Phi) is 8.88. The van der Waals surface area contributed by atoms with Crippen molar-refractivity contribution < 1.29 is 29.6 Å². The first kappa shape index (κ1) is 27.8. The summed E-state index contributed by atoms with van der Waals surface area (Å²) in [5, 5.41) is 30.7. The Hall–Kier alpha value is -2.80. The molecular formula is C29H41NO6. The summed E-state index contributed by atoms with van der Waals surface area (Å²) in [5.74, 6) is -1.00. The van der Waals surface area contributed by atoms with Crippen LogP contribution in [0.3, 0.4) is 0 Å². The second kappa shape index (κ2) is 11.5. The van der Waals surface area contributed by atoms with Crippen LogP contribution in [0.2, 0.25) is 0 Å². The number of carboxylic acid groups (broad SMARTS) is 1. The predicted molar refractivity (Wildman–Crippen MR) is 139 cm³/mol. The first-order chi connectivity index (χ1) is 16.9. The number of rotatable bonds is 11. The molecule has 0 saturated heterocycles. The zero-order valence-corrected chi connectivity index (χ0v) is 22.3. The second-order valence-corrected chi connectivity index (χ2v) is 10.9. The van der Waals surface area contributed by atoms with Crippen molar-refractivity contribution in [1.82, 2.24) is 4.90 Å². The molecule has 2 heterocycles. The molecule has 2 aliphatic rings. The number of carbonyl (C=O) groups excluding carboxylic acids is 1. The van der Waals surface area contributed by atoms with Crippen molar-refractivity contribution in [3.8, 4) is 11.5 Å². The number of hydrogen-bond donors (Lipinski definition) is 3. The Balaban J connectivity index is 1.72. The summed E-state index contributed by atoms with van der Waals surface area (Å²) in [6.07, 6.45) is 8.37. The van der Waals surface area contributed by atoms with Gasteiger partial charge in [-0.2, -0.15) is 0 Å². The third kappa shape index (κ3) is 6.30. The van der Waals surface area contributed by atoms with Gasteiger partial charge < -0.3 is 25.0 Å². The van der Waals surface area contributed by atoms with Gasteiger partial charge in [-0.15, -0.1) is 0 Å². The van der Waals surface area contributed by atoms with Gasteiger partial charge in [-0.1, -0.05) is 30.2 Å². The van der Waals surface area contributed by atoms with E-state index in [4.69, 9.17) is 9.84 Å². The van der Waals surface area contributed by atoms with Crippen molar-refractivity contribution >= 4 is 11.9 Å². The summed E-state index contributed by atoms with van der Waals surface area (Å²) in [4.78, 5) is 25.8. The summed E-state index contributed by atoms with van der Waals surface area (Å²) in [6, 6.07) is 1.48. The molecule has 36 heavy (non-hydrogen) atoms. The molecule has 198 valence electrons. The van der Waals surface area contributed by atoms with Crippen molar-refractivity contribution in [2.75, 3.05) is 6.54 Å². The number of aliphatic hydroxyl groups excluding tert-OH is 1. The highest BCUT2D eigenvalue weighted by Gasteiger charge is 2.44. The van der Waals surface area contributed by atoms with E-state index in [0.29, 0.717) is 49.2 Å². The van der Waals surface area contributed by atoms with E-state index in [-0.39, 0.29) is 18.1 Å². The lowest BCUT2D eigenvalue weighted by atomic mass is 9.84. The Morgan fingerprint density at radius 3 is 2.64 bits per heavy atom. The predicted octanol–water partition coefficient (Wildman–Crippen LogP) is 5.38. The van der Waals surface area contributed by atoms with Crippen molar-refractivity contribution in [3.63, 3.8) is 0 Å². The molecule has 1 aromatic rings. The molecule has 0 fully saturated rings. The molecule has 0 bridgehead atoms. The maximum Gasteiger partial charge on any atom is 0.306 e. The van der Waals surface area contributed by atoms with E-state index in [1.807, 2.05) is 6.92 Å². The van der Waals surface area contributed by atoms with Crippen LogP contribution in [0.4, 0.5) is 0 Å². The van der Waals surface area contributed by atoms with E-state index in [2.05, 4.69) is 32.9 Å². The van der Waals surface area contributed by atoms with Gasteiger partial charge in [0.2, 0.25) is 0 Å². The first-order valence-electron chi connectivity index (χ1n) is 13.0. The molecule has 0 aromatic heterocycles. The number of nitrogens with zero attached hydrogens (tertiary/aromatic N) is 1. The minimum atomic E-state index is -0.839. The van der Waals surface area contributed by atoms with E-state index in [1.165, 1.54) is 17.2 Å². The van der Waals surface area contributed by atoms with Gasteiger partial charge in [0.15, 0.2) is 0 Å². The second-order valence-electron chi connectivity index (χ2n) is 10.9. The lowest BCUT2D eigenvalue weighted by Gasteiger charge is -2.40. The van der Waals surface area contributed by atoms with E-state index in [9.17, 15) is 19.8 Å². The van der Waals surface area contributed by atoms with Crippen molar-refractivity contribution in [1.29, 1.82) is 0 Å². The molecule has 7 heteroatoms. The number of ether oxygens (including phenoxy) is 1. The molecular weight excluding hydrogens is 458 g/mol. The average molecular weight is 500 g/mol. The fraction of sp³-hybridized carbons (Fsp3) is 0.586. The number of allylic oxidation sites excluding steroid dienone is 4. The van der Waals surface area contributed by atoms with E-state index in [0.717, 1.165) is 24.8 Å². The third-order valence-corrected chi connectivity index (χ3v) is 7.48. The summed E-state index contributed by atoms with van der Waals surface area (Å²) < 4.78 is 6.42. The largest absolute Gasteiger partial charge is 0.508 e. The maximum atomic E-state index is 13.0. The SMILES string of the molecule is CC(C)=CCC/C(C)=C/CC[C@]1(C)Oc2c(c(O)cc3c2CN(CCC[C@@H](C)C(=O)O)C3=O)C[C@@H]1O. The molecule has 3 atom stereocenters. The Morgan fingerprint density at radius 1 is 1.25 bits per heavy atom. The summed E-state index contributed by atoms with van der Waals surface area (Å²) in [7, 11) is 0. The van der Waals surface area contributed by atoms with E-state index in [1.54, 1.807) is 11.8 Å². The Labute approximate surface area is 214 Å². The van der Waals surface area contributed by atoms with Crippen LogP contribution in [-0.4, -0.2) is 50.3 Å². The topological polar surface area (TPSA) is 107 Å². The van der Waals surface area contributed by atoms with Gasteiger partial charge in [0.1, 0.15) is 17.1 Å². The fourth-order valence-electron chi connectivity index (χ4n) is 4.95. The van der Waals surface area contributed by atoms with Crippen LogP contribution < -0.4 is 4.74 Å². The quantitative estimate of drug-likeness (QED) is 0.353. The van der Waals surface area contributed by atoms with E-state index >= 15 is 0 Å². The highest BCUT2D eigenvalue weighted by molar-refractivity contribution is 6.00. The summed E-state index contributed by atoms with van der Waals surface area (Å²) in [6.45, 7) is 10.7. The van der Waals surface area contributed by atoms with Crippen LogP contribution in [0.25, 0.3) is 0 Å². The molecule has 0 saturated carbocycles. The van der Waals surface area contributed by atoms with Crippen LogP contribution in [0, 0.1) is 5.92 Å². The van der Waals surface area contributed by atoms with Crippen LogP contribution in [0.15, 0.2) is 29.4 Å². The van der Waals surface area contributed by atoms with E-state index < -0.39 is 23.6 Å². The highest BCUT2D eigenvalue weighted by Crippen LogP contribution is 2.46. The van der Waals surface area contributed by atoms with Gasteiger partial charge in [0.25, 0.3) is 5.91 Å². The van der Waals surface area contributed by atoms with Gasteiger partial charge in [0.05, 0.1) is 24.1 Å². The standard InChI is InChI=1S/C29H41NO6/c1-18(2)9-6-10-19(3)11-7-13-29(5)25(32)16-22-24(31)15-21-23(26(22)36-29)17-30(27(21)33)14-8-12-20(4)28(34)35/h9,11,15,20,25,31-32H,6-8,10,12-14,16-17H2,1-5H3,(H,34,35)/b19-11+/t20-,25+,29+/m1/s1. The number of aromatic hydroxyl groups is 1. The van der Waals surface area contributed by atoms with Crippen molar-refractivity contribution in [3.05, 3.63) is 46.1 Å². The molecule has 0 unspecified atom stereocenters. The highest BCUT2D eigenvalue weighted by atomic mass is 16.5. The number of hydrogen-bond acceptors (Lipinski definition) is 5. The molecule has 3 N–H and O–H groups in total. The lowest BCUT2D eigenvalue weighted by Crippen LogP contribution is -2.49. The summed E-state index contributed by atoms with van der Waals surface area (Å²) >= 11 is 0. The summed E-state index contributed by atoms with van der Waals surface area (Å²) in [5.41, 5.74) is 3.49. The van der Waals surface area contributed by atoms with Gasteiger partial charge in [-0.3, -0.25) is 9.59 Å². The van der Waals surface area contributed by atoms with Gasteiger partial charge >= 0.3 is 5.97 Å². The normalized spacial score (nSPS) is 22.1. The smallest absolute Gasteiger partial charge is 0.306 e. The zero-order valence-electron chi connectivity index (χ0n) is 22.3. The van der Waals surface area contributed by atoms with Crippen molar-refractivity contribution in [2.45, 2.75) is 97.8 Å². The molecule has 3 rings (SSSR count). The van der Waals surface area contributed by atoms with Crippen molar-refractivity contribution in [2.24, 2.45) is 5.92 Å².